The number of likely N-dealkylation sites (N-methyl/N-ethyl adjacent to an activating group) is 1. The predicted molar refractivity (Wildman–Crippen MR) is 158 cm³/mol. The van der Waals surface area contributed by atoms with E-state index in [1.54, 1.807) is 30.4 Å². The monoisotopic (exact) mass is 533 g/mol. The zero-order valence-corrected chi connectivity index (χ0v) is 23.3. The van der Waals surface area contributed by atoms with Crippen LogP contribution in [-0.2, 0) is 4.79 Å². The molecular formula is C32H39N5O2. The molecule has 3 heterocycles. The quantitative estimate of drug-likeness (QED) is 0.465. The molecular weight excluding hydrogens is 486 g/mol. The average molecular weight is 534 g/mol. The number of amides is 1. The highest BCUT2D eigenvalue weighted by molar-refractivity contribution is 6.10. The highest BCUT2D eigenvalue weighted by atomic mass is 16.2. The molecule has 1 aliphatic carbocycles. The first kappa shape index (κ1) is 18.6. The van der Waals surface area contributed by atoms with Crippen molar-refractivity contribution in [1.82, 2.24) is 19.8 Å². The third-order valence-corrected chi connectivity index (χ3v) is 7.08. The van der Waals surface area contributed by atoms with Gasteiger partial charge in [0.1, 0.15) is 5.82 Å². The molecule has 39 heavy (non-hydrogen) atoms. The van der Waals surface area contributed by atoms with Crippen LogP contribution in [-0.4, -0.2) is 65.9 Å². The van der Waals surface area contributed by atoms with Crippen LogP contribution in [0.4, 0.5) is 5.82 Å². The van der Waals surface area contributed by atoms with Gasteiger partial charge in [-0.15, -0.1) is 0 Å². The molecule has 7 heteroatoms. The lowest BCUT2D eigenvalue weighted by molar-refractivity contribution is -0.115. The Kier molecular flexibility index (Phi) is 5.14. The van der Waals surface area contributed by atoms with Crippen LogP contribution in [0.3, 0.4) is 0 Å². The molecule has 1 amide bonds. The molecule has 2 aliphatic rings. The minimum absolute atomic E-state index is 0.0261. The number of nitrogens with one attached hydrogen (secondary N) is 1. The number of benzene rings is 1. The summed E-state index contributed by atoms with van der Waals surface area (Å²) >= 11 is 0. The summed E-state index contributed by atoms with van der Waals surface area (Å²) in [4.78, 5) is 34.1. The van der Waals surface area contributed by atoms with Gasteiger partial charge in [0.05, 0.1) is 11.0 Å². The Balaban J connectivity index is 1.74. The molecule has 0 saturated carbocycles. The lowest BCUT2D eigenvalue weighted by atomic mass is 9.92. The second-order valence-corrected chi connectivity index (χ2v) is 10.6. The van der Waals surface area contributed by atoms with Gasteiger partial charge in [0.25, 0.3) is 5.91 Å². The normalized spacial score (nSPS) is 21.1. The Morgan fingerprint density at radius 2 is 1.95 bits per heavy atom. The largest absolute Gasteiger partial charge is 0.354 e. The average Bonchev–Trinajstić information content (AvgIpc) is 3.22. The molecule has 1 aromatic carbocycles. The van der Waals surface area contributed by atoms with Gasteiger partial charge in [-0.1, -0.05) is 11.6 Å². The maximum atomic E-state index is 14.0. The smallest absolute Gasteiger partial charge is 0.252 e. The first-order valence-electron chi connectivity index (χ1n) is 17.2. The van der Waals surface area contributed by atoms with E-state index in [0.717, 1.165) is 11.1 Å². The van der Waals surface area contributed by atoms with Gasteiger partial charge < -0.3 is 19.7 Å². The predicted octanol–water partition coefficient (Wildman–Crippen LogP) is 5.31. The molecule has 0 radical (unpaired) electrons. The summed E-state index contributed by atoms with van der Waals surface area (Å²) in [5.74, 6) is -1.02. The van der Waals surface area contributed by atoms with Crippen molar-refractivity contribution < 1.29 is 20.6 Å². The first-order valence-corrected chi connectivity index (χ1v) is 13.2. The summed E-state index contributed by atoms with van der Waals surface area (Å²) in [6, 6.07) is -2.07. The van der Waals surface area contributed by atoms with Crippen molar-refractivity contribution >= 4 is 28.4 Å². The van der Waals surface area contributed by atoms with Crippen molar-refractivity contribution in [3.63, 3.8) is 0 Å². The van der Waals surface area contributed by atoms with Gasteiger partial charge in [-0.3, -0.25) is 9.59 Å². The number of rotatable bonds is 6. The number of fused-ring (bicyclic) bond motifs is 1. The third-order valence-electron chi connectivity index (χ3n) is 7.08. The van der Waals surface area contributed by atoms with Gasteiger partial charge in [-0.05, 0) is 82.5 Å². The number of anilines is 1. The van der Waals surface area contributed by atoms with Crippen LogP contribution < -0.4 is 10.2 Å². The fraction of sp³-hybridized carbons (Fsp3) is 0.406. The highest BCUT2D eigenvalue weighted by Gasteiger charge is 2.22. The summed E-state index contributed by atoms with van der Waals surface area (Å²) in [5, 5.41) is 2.99. The molecule has 1 fully saturated rings. The van der Waals surface area contributed by atoms with Crippen LogP contribution in [0.5, 0.6) is 0 Å². The van der Waals surface area contributed by atoms with E-state index in [2.05, 4.69) is 10.3 Å². The maximum absolute atomic E-state index is 14.0. The summed E-state index contributed by atoms with van der Waals surface area (Å²) < 4.78 is 72.7. The van der Waals surface area contributed by atoms with E-state index in [1.807, 2.05) is 26.8 Å². The molecule has 1 N–H and O–H groups in total. The molecule has 3 aromatic rings. The highest BCUT2D eigenvalue weighted by Crippen LogP contribution is 2.33. The number of carbonyl (C=O) groups excluding carboxylic acids is 2. The molecule has 1 saturated heterocycles. The first-order chi connectivity index (χ1) is 21.9. The fourth-order valence-corrected chi connectivity index (χ4v) is 4.97. The summed E-state index contributed by atoms with van der Waals surface area (Å²) in [7, 11) is 1.77. The van der Waals surface area contributed by atoms with E-state index < -0.39 is 36.7 Å². The van der Waals surface area contributed by atoms with Crippen LogP contribution in [0.2, 0.25) is 0 Å². The van der Waals surface area contributed by atoms with Crippen molar-refractivity contribution in [2.75, 3.05) is 44.6 Å². The Morgan fingerprint density at radius 3 is 2.67 bits per heavy atom. The van der Waals surface area contributed by atoms with E-state index >= 15 is 0 Å². The van der Waals surface area contributed by atoms with Crippen LogP contribution in [0.1, 0.15) is 67.0 Å². The fourth-order valence-electron chi connectivity index (χ4n) is 4.97. The number of Topliss-reactive ketones (excluding diaryl/α,β-unsaturated/α-hetero) is 1. The zero-order chi connectivity index (χ0) is 34.9. The molecule has 5 rings (SSSR count). The van der Waals surface area contributed by atoms with Gasteiger partial charge in [-0.2, -0.15) is 0 Å². The van der Waals surface area contributed by atoms with Gasteiger partial charge in [0.2, 0.25) is 0 Å². The van der Waals surface area contributed by atoms with E-state index in [9.17, 15) is 12.3 Å². The molecule has 2 aromatic heterocycles. The van der Waals surface area contributed by atoms with E-state index in [1.165, 1.54) is 4.90 Å². The molecule has 0 atom stereocenters. The van der Waals surface area contributed by atoms with Crippen LogP contribution in [0.15, 0.2) is 59.3 Å². The number of hydrogen-bond donors (Lipinski definition) is 1. The number of nitrogens with zero attached hydrogens (tertiary/aromatic N) is 4. The van der Waals surface area contributed by atoms with E-state index in [0.29, 0.717) is 17.7 Å². The summed E-state index contributed by atoms with van der Waals surface area (Å²) in [6.07, 6.45) is 1.63. The molecule has 0 bridgehead atoms. The topological polar surface area (TPSA) is 70.5 Å². The Bertz CT molecular complexity index is 1910. The second kappa shape index (κ2) is 10.8. The number of aryl methyl sites for hydroxylation is 1. The lowest BCUT2D eigenvalue weighted by Gasteiger charge is -2.33. The summed E-state index contributed by atoms with van der Waals surface area (Å²) in [5.41, 5.74) is 1.89. The number of piperazine rings is 1. The molecule has 204 valence electrons. The van der Waals surface area contributed by atoms with Crippen LogP contribution in [0, 0.1) is 6.92 Å². The van der Waals surface area contributed by atoms with Gasteiger partial charge >= 0.3 is 0 Å². The van der Waals surface area contributed by atoms with E-state index in [4.69, 9.17) is 8.22 Å². The van der Waals surface area contributed by atoms with Crippen LogP contribution >= 0.6 is 0 Å². The second-order valence-electron chi connectivity index (χ2n) is 10.6. The molecule has 0 unspecified atom stereocenters. The van der Waals surface area contributed by atoms with Gasteiger partial charge in [0.15, 0.2) is 5.78 Å². The zero-order valence-electron chi connectivity index (χ0n) is 31.3. The number of pyridine rings is 1. The van der Waals surface area contributed by atoms with Crippen molar-refractivity contribution in [2.24, 2.45) is 0 Å². The van der Waals surface area contributed by atoms with Crippen molar-refractivity contribution in [2.45, 2.75) is 47.1 Å². The molecule has 0 spiro atoms. The van der Waals surface area contributed by atoms with Crippen LogP contribution in [0.25, 0.3) is 22.0 Å². The maximum Gasteiger partial charge on any atom is 0.252 e. The van der Waals surface area contributed by atoms with Crippen molar-refractivity contribution in [3.8, 4) is 11.1 Å². The minimum atomic E-state index is -1.93. The SMILES string of the molecule is [2H]c1nc(N2CCN(C)CC2([2H])[2H])c([2H])c([2H])c1-c1c([2H])c(C(=O)NCC2=C(C)C=C(C)CC2=O)c2c(C)c([2H])n(C(C)C)c2c1[2H]. The Labute approximate surface area is 242 Å². The Hall–Kier alpha value is -3.71. The van der Waals surface area contributed by atoms with Crippen molar-refractivity contribution in [3.05, 3.63) is 70.4 Å². The van der Waals surface area contributed by atoms with Gasteiger partial charge in [0, 0.05) is 85.1 Å². The minimum Gasteiger partial charge on any atom is -0.354 e. The van der Waals surface area contributed by atoms with E-state index in [-0.39, 0.29) is 83.5 Å². The van der Waals surface area contributed by atoms with Crippen molar-refractivity contribution in [1.29, 1.82) is 0 Å². The van der Waals surface area contributed by atoms with Gasteiger partial charge in [-0.25, -0.2) is 4.98 Å². The molecule has 1 aliphatic heterocycles. The number of carbonyl (C=O) groups is 2. The lowest BCUT2D eigenvalue weighted by Crippen LogP contribution is -2.44. The number of allylic oxidation sites excluding steroid dienone is 3. The number of hydrogen-bond acceptors (Lipinski definition) is 5. The number of aromatic nitrogens is 2. The Morgan fingerprint density at radius 1 is 1.15 bits per heavy atom. The third kappa shape index (κ3) is 5.41. The molecule has 7 nitrogen and oxygen atoms in total. The summed E-state index contributed by atoms with van der Waals surface area (Å²) in [6.45, 7) is 7.57. The standard InChI is InChI=1S/C32H39N5O2/c1-20(2)37-19-23(5)31-26(32(39)34-18-27-22(4)13-21(3)14-29(27)38)15-25(16-28(31)37)24-7-8-30(33-17-24)36-11-9-35(6)10-12-36/h7-8,13,15-17,19-20H,9-12,14,18H2,1-6H3,(H,34,39)/i7D,8D,11D2,15D,16D,17D,19D. The number of ketones is 1.